The van der Waals surface area contributed by atoms with E-state index < -0.39 is 0 Å². The molecule has 1 aliphatic rings. The summed E-state index contributed by atoms with van der Waals surface area (Å²) in [5.74, 6) is -0.128. The Bertz CT molecular complexity index is 686. The van der Waals surface area contributed by atoms with Crippen LogP contribution in [0.1, 0.15) is 43.6 Å². The number of benzene rings is 1. The Kier molecular flexibility index (Phi) is 4.19. The lowest BCUT2D eigenvalue weighted by atomic mass is 9.88. The van der Waals surface area contributed by atoms with Crippen molar-refractivity contribution < 1.29 is 13.9 Å². The zero-order chi connectivity index (χ0) is 15.7. The third-order valence-corrected chi connectivity index (χ3v) is 4.89. The summed E-state index contributed by atoms with van der Waals surface area (Å²) in [5.41, 5.74) is 1.77. The SMILES string of the molecule is COC(=O)C(CC1CCCC1)c1cn(C)c2cc(F)ccc12. The minimum atomic E-state index is -0.262. The Morgan fingerprint density at radius 1 is 1.41 bits per heavy atom. The Morgan fingerprint density at radius 3 is 2.82 bits per heavy atom. The van der Waals surface area contributed by atoms with Crippen molar-refractivity contribution in [3.8, 4) is 0 Å². The van der Waals surface area contributed by atoms with Gasteiger partial charge in [0, 0.05) is 18.6 Å². The highest BCUT2D eigenvalue weighted by molar-refractivity contribution is 5.90. The highest BCUT2D eigenvalue weighted by Crippen LogP contribution is 2.37. The maximum absolute atomic E-state index is 13.5. The molecule has 1 heterocycles. The fourth-order valence-electron chi connectivity index (χ4n) is 3.74. The quantitative estimate of drug-likeness (QED) is 0.794. The number of carbonyl (C=O) groups is 1. The molecule has 1 fully saturated rings. The maximum atomic E-state index is 13.5. The highest BCUT2D eigenvalue weighted by atomic mass is 19.1. The van der Waals surface area contributed by atoms with E-state index in [-0.39, 0.29) is 17.7 Å². The lowest BCUT2D eigenvalue weighted by Crippen LogP contribution is -2.17. The molecule has 1 unspecified atom stereocenters. The van der Waals surface area contributed by atoms with Gasteiger partial charge >= 0.3 is 5.97 Å². The lowest BCUT2D eigenvalue weighted by molar-refractivity contribution is -0.142. The van der Waals surface area contributed by atoms with Crippen LogP contribution in [0.2, 0.25) is 0 Å². The van der Waals surface area contributed by atoms with E-state index in [1.54, 1.807) is 6.07 Å². The monoisotopic (exact) mass is 303 g/mol. The normalized spacial score (nSPS) is 17.0. The van der Waals surface area contributed by atoms with Crippen LogP contribution in [-0.2, 0) is 16.6 Å². The van der Waals surface area contributed by atoms with Gasteiger partial charge < -0.3 is 9.30 Å². The van der Waals surface area contributed by atoms with Gasteiger partial charge in [-0.15, -0.1) is 0 Å². The summed E-state index contributed by atoms with van der Waals surface area (Å²) in [7, 11) is 3.32. The second-order valence-corrected chi connectivity index (χ2v) is 6.32. The number of aryl methyl sites for hydroxylation is 1. The number of nitrogens with zero attached hydrogens (tertiary/aromatic N) is 1. The first-order chi connectivity index (χ1) is 10.6. The van der Waals surface area contributed by atoms with E-state index >= 15 is 0 Å². The van der Waals surface area contributed by atoms with Crippen molar-refractivity contribution in [2.24, 2.45) is 13.0 Å². The van der Waals surface area contributed by atoms with E-state index in [2.05, 4.69) is 0 Å². The molecule has 4 heteroatoms. The number of hydrogen-bond acceptors (Lipinski definition) is 2. The van der Waals surface area contributed by atoms with Gasteiger partial charge in [0.25, 0.3) is 0 Å². The number of methoxy groups -OCH3 is 1. The summed E-state index contributed by atoms with van der Waals surface area (Å²) in [5, 5.41) is 0.942. The van der Waals surface area contributed by atoms with Crippen molar-refractivity contribution in [3.05, 3.63) is 35.8 Å². The molecule has 0 amide bonds. The van der Waals surface area contributed by atoms with Gasteiger partial charge in [-0.3, -0.25) is 4.79 Å². The first kappa shape index (κ1) is 15.1. The van der Waals surface area contributed by atoms with Gasteiger partial charge in [-0.25, -0.2) is 4.39 Å². The van der Waals surface area contributed by atoms with Crippen molar-refractivity contribution in [3.63, 3.8) is 0 Å². The van der Waals surface area contributed by atoms with Crippen molar-refractivity contribution in [1.82, 2.24) is 4.57 Å². The minimum Gasteiger partial charge on any atom is -0.469 e. The first-order valence-electron chi connectivity index (χ1n) is 7.92. The van der Waals surface area contributed by atoms with Crippen molar-refractivity contribution in [1.29, 1.82) is 0 Å². The molecule has 0 radical (unpaired) electrons. The molecule has 22 heavy (non-hydrogen) atoms. The molecule has 1 aromatic carbocycles. The third-order valence-electron chi connectivity index (χ3n) is 4.89. The van der Waals surface area contributed by atoms with Gasteiger partial charge in [-0.1, -0.05) is 25.7 Å². The Balaban J connectivity index is 2.01. The predicted octanol–water partition coefficient (Wildman–Crippen LogP) is 4.15. The summed E-state index contributed by atoms with van der Waals surface area (Å²) in [6, 6.07) is 4.74. The van der Waals surface area contributed by atoms with Crippen LogP contribution in [0, 0.1) is 11.7 Å². The third kappa shape index (κ3) is 2.74. The smallest absolute Gasteiger partial charge is 0.313 e. The van der Waals surface area contributed by atoms with Gasteiger partial charge in [0.15, 0.2) is 0 Å². The summed E-state index contributed by atoms with van der Waals surface area (Å²) < 4.78 is 20.4. The topological polar surface area (TPSA) is 31.2 Å². The fraction of sp³-hybridized carbons (Fsp3) is 0.500. The van der Waals surface area contributed by atoms with Crippen molar-refractivity contribution >= 4 is 16.9 Å². The number of aromatic nitrogens is 1. The largest absolute Gasteiger partial charge is 0.469 e. The van der Waals surface area contributed by atoms with Crippen LogP contribution >= 0.6 is 0 Å². The molecule has 0 saturated heterocycles. The molecule has 1 aliphatic carbocycles. The van der Waals surface area contributed by atoms with E-state index in [1.807, 2.05) is 17.8 Å². The summed E-state index contributed by atoms with van der Waals surface area (Å²) in [6.07, 6.45) is 7.64. The Labute approximate surface area is 130 Å². The molecule has 118 valence electrons. The summed E-state index contributed by atoms with van der Waals surface area (Å²) >= 11 is 0. The highest BCUT2D eigenvalue weighted by Gasteiger charge is 2.29. The maximum Gasteiger partial charge on any atom is 0.313 e. The van der Waals surface area contributed by atoms with Gasteiger partial charge in [-0.2, -0.15) is 0 Å². The van der Waals surface area contributed by atoms with Gasteiger partial charge in [0.05, 0.1) is 18.5 Å². The fourth-order valence-corrected chi connectivity index (χ4v) is 3.74. The second kappa shape index (κ2) is 6.11. The summed E-state index contributed by atoms with van der Waals surface area (Å²) in [6.45, 7) is 0. The van der Waals surface area contributed by atoms with E-state index in [4.69, 9.17) is 4.74 Å². The molecule has 0 spiro atoms. The first-order valence-corrected chi connectivity index (χ1v) is 7.92. The average Bonchev–Trinajstić information content (AvgIpc) is 3.12. The molecule has 0 bridgehead atoms. The Morgan fingerprint density at radius 2 is 2.14 bits per heavy atom. The average molecular weight is 303 g/mol. The Hall–Kier alpha value is -1.84. The van der Waals surface area contributed by atoms with Crippen LogP contribution in [0.4, 0.5) is 4.39 Å². The van der Waals surface area contributed by atoms with Crippen molar-refractivity contribution in [2.75, 3.05) is 7.11 Å². The number of halogens is 1. The van der Waals surface area contributed by atoms with Gasteiger partial charge in [-0.05, 0) is 36.1 Å². The number of fused-ring (bicyclic) bond motifs is 1. The zero-order valence-electron chi connectivity index (χ0n) is 13.1. The van der Waals surface area contributed by atoms with E-state index in [9.17, 15) is 9.18 Å². The molecule has 1 atom stereocenters. The molecular weight excluding hydrogens is 281 g/mol. The van der Waals surface area contributed by atoms with Crippen LogP contribution in [-0.4, -0.2) is 17.6 Å². The minimum absolute atomic E-state index is 0.191. The van der Waals surface area contributed by atoms with E-state index in [0.29, 0.717) is 5.92 Å². The van der Waals surface area contributed by atoms with Crippen LogP contribution < -0.4 is 0 Å². The standard InChI is InChI=1S/C18H22FNO2/c1-20-11-16(14-8-7-13(19)10-17(14)20)15(18(21)22-2)9-12-5-3-4-6-12/h7-8,10-12,15H,3-6,9H2,1-2H3. The second-order valence-electron chi connectivity index (χ2n) is 6.32. The molecule has 1 aromatic heterocycles. The van der Waals surface area contributed by atoms with Gasteiger partial charge in [0.1, 0.15) is 5.82 Å². The molecule has 3 rings (SSSR count). The number of ether oxygens (including phenoxy) is 1. The van der Waals surface area contributed by atoms with Crippen LogP contribution in [0.3, 0.4) is 0 Å². The number of rotatable bonds is 4. The molecule has 0 N–H and O–H groups in total. The zero-order valence-corrected chi connectivity index (χ0v) is 13.1. The molecule has 2 aromatic rings. The molecule has 1 saturated carbocycles. The predicted molar refractivity (Wildman–Crippen MR) is 84.2 cm³/mol. The summed E-state index contributed by atoms with van der Waals surface area (Å²) in [4.78, 5) is 12.3. The lowest BCUT2D eigenvalue weighted by Gasteiger charge is -2.18. The van der Waals surface area contributed by atoms with Crippen LogP contribution in [0.25, 0.3) is 10.9 Å². The van der Waals surface area contributed by atoms with Crippen LogP contribution in [0.5, 0.6) is 0 Å². The molecule has 0 aliphatic heterocycles. The number of hydrogen-bond donors (Lipinski definition) is 0. The molecule has 3 nitrogen and oxygen atoms in total. The van der Waals surface area contributed by atoms with Crippen LogP contribution in [0.15, 0.2) is 24.4 Å². The van der Waals surface area contributed by atoms with Gasteiger partial charge in [0.2, 0.25) is 0 Å². The van der Waals surface area contributed by atoms with E-state index in [0.717, 1.165) is 22.9 Å². The number of carbonyl (C=O) groups excluding carboxylic acids is 1. The van der Waals surface area contributed by atoms with E-state index in [1.165, 1.54) is 44.9 Å². The number of esters is 1. The molecular formula is C18H22FNO2. The van der Waals surface area contributed by atoms with Crippen molar-refractivity contribution in [2.45, 2.75) is 38.0 Å².